The summed E-state index contributed by atoms with van der Waals surface area (Å²) in [6.45, 7) is 1.97. The number of quaternary nitrogens is 1. The molecule has 5 heteroatoms. The Morgan fingerprint density at radius 1 is 1.00 bits per heavy atom. The van der Waals surface area contributed by atoms with Crippen LogP contribution in [0.3, 0.4) is 0 Å². The number of benzene rings is 2. The van der Waals surface area contributed by atoms with Gasteiger partial charge in [-0.3, -0.25) is 0 Å². The third kappa shape index (κ3) is 4.08. The van der Waals surface area contributed by atoms with Gasteiger partial charge in [-0.05, 0) is 18.6 Å². The molecule has 0 fully saturated rings. The number of rotatable bonds is 5. The summed E-state index contributed by atoms with van der Waals surface area (Å²) in [5.41, 5.74) is 0.366. The van der Waals surface area contributed by atoms with E-state index < -0.39 is 17.8 Å². The van der Waals surface area contributed by atoms with Gasteiger partial charge in [0, 0.05) is 5.56 Å². The molecule has 0 aliphatic heterocycles. The molecule has 2 nitrogen and oxygen atoms in total. The molecular formula is C17H19F3NO+. The largest absolute Gasteiger partial charge is 0.416 e. The molecule has 0 spiro atoms. The number of nitrogens with two attached hydrogens (primary N) is 1. The minimum atomic E-state index is -4.36. The Morgan fingerprint density at radius 2 is 1.59 bits per heavy atom. The molecule has 0 saturated heterocycles. The molecule has 3 N–H and O–H groups in total. The van der Waals surface area contributed by atoms with Crippen molar-refractivity contribution in [3.63, 3.8) is 0 Å². The van der Waals surface area contributed by atoms with E-state index in [0.29, 0.717) is 0 Å². The molecule has 2 aromatic rings. The maximum atomic E-state index is 12.9. The maximum Gasteiger partial charge on any atom is 0.416 e. The van der Waals surface area contributed by atoms with Crippen molar-refractivity contribution in [2.45, 2.75) is 31.8 Å². The van der Waals surface area contributed by atoms with Crippen molar-refractivity contribution >= 4 is 0 Å². The lowest BCUT2D eigenvalue weighted by atomic mass is 10.0. The fourth-order valence-electron chi connectivity index (χ4n) is 2.37. The number of halogens is 3. The molecule has 0 aliphatic rings. The number of aliphatic hydroxyl groups is 1. The van der Waals surface area contributed by atoms with Crippen LogP contribution < -0.4 is 5.32 Å². The topological polar surface area (TPSA) is 36.8 Å². The van der Waals surface area contributed by atoms with Crippen LogP contribution in [0.25, 0.3) is 0 Å². The Balaban J connectivity index is 2.04. The highest BCUT2D eigenvalue weighted by molar-refractivity contribution is 5.28. The van der Waals surface area contributed by atoms with Gasteiger partial charge in [-0.1, -0.05) is 48.5 Å². The number of hydrogen-bond acceptors (Lipinski definition) is 1. The summed E-state index contributed by atoms with van der Waals surface area (Å²) in [5.74, 6) is 0. The molecule has 118 valence electrons. The zero-order valence-corrected chi connectivity index (χ0v) is 12.2. The molecule has 0 bridgehead atoms. The van der Waals surface area contributed by atoms with Gasteiger partial charge in [0.1, 0.15) is 18.7 Å². The van der Waals surface area contributed by atoms with Crippen LogP contribution in [0.1, 0.15) is 29.7 Å². The molecule has 0 aliphatic carbocycles. The van der Waals surface area contributed by atoms with Gasteiger partial charge in [0.15, 0.2) is 0 Å². The van der Waals surface area contributed by atoms with E-state index >= 15 is 0 Å². The predicted molar refractivity (Wildman–Crippen MR) is 77.9 cm³/mol. The second-order valence-corrected chi connectivity index (χ2v) is 5.31. The number of aliphatic hydroxyl groups excluding tert-OH is 1. The Bertz CT molecular complexity index is 598. The van der Waals surface area contributed by atoms with Gasteiger partial charge < -0.3 is 10.4 Å². The Kier molecular flexibility index (Phi) is 5.21. The molecule has 2 atom stereocenters. The summed E-state index contributed by atoms with van der Waals surface area (Å²) >= 11 is 0. The van der Waals surface area contributed by atoms with Gasteiger partial charge in [0.25, 0.3) is 0 Å². The average Bonchev–Trinajstić information content (AvgIpc) is 2.52. The molecule has 2 rings (SSSR count). The summed E-state index contributed by atoms with van der Waals surface area (Å²) in [6.07, 6.45) is -5.08. The summed E-state index contributed by atoms with van der Waals surface area (Å²) in [4.78, 5) is 0. The normalized spacial score (nSPS) is 14.6. The van der Waals surface area contributed by atoms with Gasteiger partial charge in [-0.15, -0.1) is 0 Å². The van der Waals surface area contributed by atoms with E-state index in [1.807, 2.05) is 18.2 Å². The first-order valence-electron chi connectivity index (χ1n) is 7.11. The molecule has 2 aromatic carbocycles. The van der Waals surface area contributed by atoms with Crippen molar-refractivity contribution in [3.05, 3.63) is 71.3 Å². The van der Waals surface area contributed by atoms with Crippen LogP contribution in [0.15, 0.2) is 54.6 Å². The molecule has 0 aromatic heterocycles. The van der Waals surface area contributed by atoms with Crippen molar-refractivity contribution in [3.8, 4) is 0 Å². The smallest absolute Gasteiger partial charge is 0.382 e. The van der Waals surface area contributed by atoms with Crippen LogP contribution in [-0.4, -0.2) is 11.1 Å². The van der Waals surface area contributed by atoms with Crippen molar-refractivity contribution in [1.82, 2.24) is 0 Å². The quantitative estimate of drug-likeness (QED) is 0.875. The third-order valence-electron chi connectivity index (χ3n) is 3.67. The second kappa shape index (κ2) is 6.94. The highest BCUT2D eigenvalue weighted by Crippen LogP contribution is 2.31. The molecule has 0 unspecified atom stereocenters. The molecule has 22 heavy (non-hydrogen) atoms. The lowest BCUT2D eigenvalue weighted by Crippen LogP contribution is -2.89. The van der Waals surface area contributed by atoms with Crippen LogP contribution in [-0.2, 0) is 12.7 Å². The zero-order valence-electron chi connectivity index (χ0n) is 12.2. The lowest BCUT2D eigenvalue weighted by Gasteiger charge is -2.19. The van der Waals surface area contributed by atoms with E-state index in [0.717, 1.165) is 11.6 Å². The van der Waals surface area contributed by atoms with E-state index in [9.17, 15) is 18.3 Å². The van der Waals surface area contributed by atoms with Crippen LogP contribution in [0, 0.1) is 0 Å². The molecule has 0 saturated carbocycles. The number of alkyl halides is 3. The van der Waals surface area contributed by atoms with Gasteiger partial charge in [-0.2, -0.15) is 13.2 Å². The maximum absolute atomic E-state index is 12.9. The van der Waals surface area contributed by atoms with E-state index in [4.69, 9.17) is 0 Å². The van der Waals surface area contributed by atoms with E-state index in [-0.39, 0.29) is 18.2 Å². The first-order valence-corrected chi connectivity index (χ1v) is 7.11. The van der Waals surface area contributed by atoms with Crippen LogP contribution in [0.5, 0.6) is 0 Å². The van der Waals surface area contributed by atoms with E-state index in [2.05, 4.69) is 0 Å². The molecular weight excluding hydrogens is 291 g/mol. The second-order valence-electron chi connectivity index (χ2n) is 5.31. The SMILES string of the molecule is C[C@H]([NH2+]Cc1ccccc1C(F)(F)F)[C@H](O)c1ccccc1. The molecule has 0 radical (unpaired) electrons. The standard InChI is InChI=1S/C17H18F3NO/c1-12(16(22)13-7-3-2-4-8-13)21-11-14-9-5-6-10-15(14)17(18,19)20/h2-10,12,16,21-22H,11H2,1H3/p+1/t12-,16-/m0/s1. The minimum Gasteiger partial charge on any atom is -0.382 e. The van der Waals surface area contributed by atoms with Gasteiger partial charge >= 0.3 is 6.18 Å². The highest BCUT2D eigenvalue weighted by Gasteiger charge is 2.33. The summed E-state index contributed by atoms with van der Waals surface area (Å²) in [6, 6.07) is 14.4. The zero-order chi connectivity index (χ0) is 16.2. The Labute approximate surface area is 127 Å². The monoisotopic (exact) mass is 310 g/mol. The lowest BCUT2D eigenvalue weighted by molar-refractivity contribution is -0.709. The fourth-order valence-corrected chi connectivity index (χ4v) is 2.37. The summed E-state index contributed by atoms with van der Waals surface area (Å²) < 4.78 is 38.8. The Hall–Kier alpha value is -1.85. The fraction of sp³-hybridized carbons (Fsp3) is 0.294. The van der Waals surface area contributed by atoms with Crippen molar-refractivity contribution < 1.29 is 23.6 Å². The van der Waals surface area contributed by atoms with Crippen LogP contribution >= 0.6 is 0 Å². The third-order valence-corrected chi connectivity index (χ3v) is 3.67. The highest BCUT2D eigenvalue weighted by atomic mass is 19.4. The first-order chi connectivity index (χ1) is 10.4. The van der Waals surface area contributed by atoms with Crippen molar-refractivity contribution in [2.75, 3.05) is 0 Å². The minimum absolute atomic E-state index is 0.167. The van der Waals surface area contributed by atoms with Gasteiger partial charge in [0.2, 0.25) is 0 Å². The predicted octanol–water partition coefficient (Wildman–Crippen LogP) is 2.89. The summed E-state index contributed by atoms with van der Waals surface area (Å²) in [5, 5.41) is 12.0. The van der Waals surface area contributed by atoms with E-state index in [1.54, 1.807) is 30.4 Å². The van der Waals surface area contributed by atoms with Crippen molar-refractivity contribution in [2.24, 2.45) is 0 Å². The Morgan fingerprint density at radius 3 is 2.23 bits per heavy atom. The molecule has 0 amide bonds. The van der Waals surface area contributed by atoms with Gasteiger partial charge in [0.05, 0.1) is 5.56 Å². The van der Waals surface area contributed by atoms with Crippen LogP contribution in [0.4, 0.5) is 13.2 Å². The molecule has 0 heterocycles. The van der Waals surface area contributed by atoms with E-state index in [1.165, 1.54) is 12.1 Å². The van der Waals surface area contributed by atoms with Gasteiger partial charge in [-0.25, -0.2) is 0 Å². The summed E-state index contributed by atoms with van der Waals surface area (Å²) in [7, 11) is 0. The number of hydrogen-bond donors (Lipinski definition) is 2. The van der Waals surface area contributed by atoms with Crippen LogP contribution in [0.2, 0.25) is 0 Å². The first kappa shape index (κ1) is 16.5. The van der Waals surface area contributed by atoms with Crippen molar-refractivity contribution in [1.29, 1.82) is 0 Å². The average molecular weight is 310 g/mol.